The normalized spacial score (nSPS) is 14.2. The highest BCUT2D eigenvalue weighted by molar-refractivity contribution is 5.94. The third-order valence-corrected chi connectivity index (χ3v) is 6.50. The number of aromatic nitrogens is 2. The molecular weight excluding hydrogens is 473 g/mol. The summed E-state index contributed by atoms with van der Waals surface area (Å²) in [5.41, 5.74) is 3.00. The van der Waals surface area contributed by atoms with Crippen molar-refractivity contribution >= 4 is 11.9 Å². The molecule has 2 heterocycles. The summed E-state index contributed by atoms with van der Waals surface area (Å²) in [5, 5.41) is 3.06. The van der Waals surface area contributed by atoms with E-state index in [0.29, 0.717) is 35.3 Å². The van der Waals surface area contributed by atoms with E-state index in [1.54, 1.807) is 17.9 Å². The van der Waals surface area contributed by atoms with Crippen molar-refractivity contribution in [3.05, 3.63) is 91.9 Å². The summed E-state index contributed by atoms with van der Waals surface area (Å²) in [6.07, 6.45) is -4.03. The Morgan fingerprint density at radius 3 is 2.42 bits per heavy atom. The number of rotatable bonds is 5. The van der Waals surface area contributed by atoms with Gasteiger partial charge < -0.3 is 15.1 Å². The topological polar surface area (TPSA) is 76.5 Å². The lowest BCUT2D eigenvalue weighted by molar-refractivity contribution is -0.137. The van der Waals surface area contributed by atoms with Gasteiger partial charge in [0.2, 0.25) is 5.95 Å². The minimum absolute atomic E-state index is 0.102. The van der Waals surface area contributed by atoms with Crippen LogP contribution >= 0.6 is 0 Å². The molecular formula is C26H27F3N4O3. The van der Waals surface area contributed by atoms with E-state index in [-0.39, 0.29) is 18.4 Å². The van der Waals surface area contributed by atoms with Crippen LogP contribution in [0.3, 0.4) is 0 Å². The number of aryl methyl sites for hydroxylation is 2. The Labute approximate surface area is 206 Å². The number of carbonyl (C=O) groups excluding carboxylic acids is 1. The van der Waals surface area contributed by atoms with Gasteiger partial charge in [-0.05, 0) is 61.7 Å². The van der Waals surface area contributed by atoms with Crippen LogP contribution in [0, 0.1) is 13.8 Å². The van der Waals surface area contributed by atoms with Crippen LogP contribution in [0.25, 0.3) is 0 Å². The Morgan fingerprint density at radius 2 is 1.81 bits per heavy atom. The Kier molecular flexibility index (Phi) is 6.79. The first-order chi connectivity index (χ1) is 17.0. The maximum Gasteiger partial charge on any atom is 0.416 e. The molecule has 4 rings (SSSR count). The Bertz CT molecular complexity index is 1350. The highest BCUT2D eigenvalue weighted by Gasteiger charge is 2.31. The molecule has 1 aromatic heterocycles. The number of hydrogen-bond acceptors (Lipinski definition) is 5. The molecule has 2 aromatic carbocycles. The van der Waals surface area contributed by atoms with Crippen LogP contribution in [0.5, 0.6) is 0 Å². The average Bonchev–Trinajstić information content (AvgIpc) is 2.85. The molecule has 0 bridgehead atoms. The summed E-state index contributed by atoms with van der Waals surface area (Å²) in [5.74, 6) is -0.0205. The van der Waals surface area contributed by atoms with E-state index >= 15 is 0 Å². The summed E-state index contributed by atoms with van der Waals surface area (Å²) >= 11 is 0. The van der Waals surface area contributed by atoms with Gasteiger partial charge in [-0.15, -0.1) is 4.73 Å². The number of nitrogens with one attached hydrogen (secondary N) is 1. The number of fused-ring (bicyclic) bond motifs is 1. The molecule has 0 saturated carbocycles. The molecule has 36 heavy (non-hydrogen) atoms. The second-order valence-electron chi connectivity index (χ2n) is 8.90. The Hall–Kier alpha value is -3.82. The zero-order chi connectivity index (χ0) is 26.2. The molecule has 0 radical (unpaired) electrons. The van der Waals surface area contributed by atoms with Gasteiger partial charge in [-0.2, -0.15) is 13.2 Å². The number of amides is 1. The summed E-state index contributed by atoms with van der Waals surface area (Å²) in [4.78, 5) is 37.8. The highest BCUT2D eigenvalue weighted by atomic mass is 19.4. The molecule has 1 aliphatic rings. The van der Waals surface area contributed by atoms with Crippen molar-refractivity contribution in [3.63, 3.8) is 0 Å². The van der Waals surface area contributed by atoms with Crippen LogP contribution in [0.4, 0.5) is 19.1 Å². The van der Waals surface area contributed by atoms with E-state index in [9.17, 15) is 22.8 Å². The first kappa shape index (κ1) is 25.3. The van der Waals surface area contributed by atoms with E-state index in [2.05, 4.69) is 10.3 Å². The number of nitrogens with zero attached hydrogens (tertiary/aromatic N) is 3. The summed E-state index contributed by atoms with van der Waals surface area (Å²) in [7, 11) is 1.32. The van der Waals surface area contributed by atoms with Gasteiger partial charge >= 0.3 is 6.18 Å². The largest absolute Gasteiger partial charge is 0.416 e. The van der Waals surface area contributed by atoms with Crippen LogP contribution in [0.1, 0.15) is 56.8 Å². The number of alkyl halides is 3. The number of hydrogen-bond donors (Lipinski definition) is 1. The van der Waals surface area contributed by atoms with Gasteiger partial charge in [0.05, 0.1) is 29.4 Å². The van der Waals surface area contributed by atoms with Crippen LogP contribution in [0.15, 0.2) is 47.3 Å². The molecule has 1 N–H and O–H groups in total. The molecule has 1 amide bonds. The summed E-state index contributed by atoms with van der Waals surface area (Å²) < 4.78 is 39.6. The van der Waals surface area contributed by atoms with Gasteiger partial charge in [-0.1, -0.05) is 18.2 Å². The molecule has 0 spiro atoms. The molecule has 0 fully saturated rings. The molecule has 0 saturated heterocycles. The standard InChI is InChI=1S/C26H27F3N4O3/c1-15-5-6-19(13-16(15)2)23(34)32-12-11-22-21(14-32)24(35)33(36-4)25(31-22)30-17(3)18-7-9-20(10-8-18)26(27,28)29/h5-10,13,17H,11-12,14H2,1-4H3,(H,30,31). The van der Waals surface area contributed by atoms with Crippen molar-refractivity contribution < 1.29 is 22.8 Å². The van der Waals surface area contributed by atoms with E-state index < -0.39 is 23.3 Å². The zero-order valence-electron chi connectivity index (χ0n) is 20.4. The molecule has 190 valence electrons. The number of anilines is 1. The maximum absolute atomic E-state index is 13.2. The van der Waals surface area contributed by atoms with Crippen LogP contribution in [0.2, 0.25) is 0 Å². The molecule has 1 atom stereocenters. The maximum atomic E-state index is 13.2. The Morgan fingerprint density at radius 1 is 1.11 bits per heavy atom. The fourth-order valence-electron chi connectivity index (χ4n) is 4.19. The molecule has 10 heteroatoms. The lowest BCUT2D eigenvalue weighted by Gasteiger charge is -2.29. The lowest BCUT2D eigenvalue weighted by atomic mass is 10.0. The number of halogens is 3. The lowest BCUT2D eigenvalue weighted by Crippen LogP contribution is -2.42. The van der Waals surface area contributed by atoms with E-state index in [1.807, 2.05) is 26.0 Å². The van der Waals surface area contributed by atoms with Crippen molar-refractivity contribution in [2.75, 3.05) is 19.0 Å². The number of benzene rings is 2. The fourth-order valence-corrected chi connectivity index (χ4v) is 4.19. The molecule has 1 aliphatic heterocycles. The first-order valence-electron chi connectivity index (χ1n) is 11.5. The zero-order valence-corrected chi connectivity index (χ0v) is 20.4. The van der Waals surface area contributed by atoms with Crippen LogP contribution in [-0.2, 0) is 19.1 Å². The Balaban J connectivity index is 1.57. The fraction of sp³-hybridized carbons (Fsp3) is 0.346. The van der Waals surface area contributed by atoms with Crippen LogP contribution in [-0.4, -0.2) is 34.2 Å². The van der Waals surface area contributed by atoms with Crippen molar-refractivity contribution in [1.29, 1.82) is 0 Å². The van der Waals surface area contributed by atoms with E-state index in [1.165, 1.54) is 19.2 Å². The molecule has 1 unspecified atom stereocenters. The average molecular weight is 501 g/mol. The van der Waals surface area contributed by atoms with E-state index in [4.69, 9.17) is 4.84 Å². The molecule has 7 nitrogen and oxygen atoms in total. The second-order valence-corrected chi connectivity index (χ2v) is 8.90. The van der Waals surface area contributed by atoms with Crippen molar-refractivity contribution in [2.45, 2.75) is 46.0 Å². The SMILES string of the molecule is COn1c(NC(C)c2ccc(C(F)(F)F)cc2)nc2c(c1=O)CN(C(=O)c1ccc(C)c(C)c1)CC2. The first-order valence-corrected chi connectivity index (χ1v) is 11.5. The third-order valence-electron chi connectivity index (χ3n) is 6.50. The van der Waals surface area contributed by atoms with Gasteiger partial charge in [0, 0.05) is 18.5 Å². The number of carbonyl (C=O) groups is 1. The van der Waals surface area contributed by atoms with Crippen molar-refractivity contribution in [2.24, 2.45) is 0 Å². The van der Waals surface area contributed by atoms with Gasteiger partial charge in [-0.25, -0.2) is 4.98 Å². The second kappa shape index (κ2) is 9.67. The van der Waals surface area contributed by atoms with Crippen molar-refractivity contribution in [1.82, 2.24) is 14.6 Å². The predicted molar refractivity (Wildman–Crippen MR) is 129 cm³/mol. The third kappa shape index (κ3) is 4.93. The van der Waals surface area contributed by atoms with Gasteiger partial charge in [-0.3, -0.25) is 9.59 Å². The summed E-state index contributed by atoms with van der Waals surface area (Å²) in [6, 6.07) is 9.85. The van der Waals surface area contributed by atoms with E-state index in [0.717, 1.165) is 28.0 Å². The minimum Gasteiger partial charge on any atom is -0.411 e. The molecule has 0 aliphatic carbocycles. The molecule has 3 aromatic rings. The summed E-state index contributed by atoms with van der Waals surface area (Å²) in [6.45, 7) is 6.17. The monoisotopic (exact) mass is 500 g/mol. The quantitative estimate of drug-likeness (QED) is 0.565. The smallest absolute Gasteiger partial charge is 0.411 e. The highest BCUT2D eigenvalue weighted by Crippen LogP contribution is 2.30. The minimum atomic E-state index is -4.42. The van der Waals surface area contributed by atoms with Gasteiger partial charge in [0.15, 0.2) is 0 Å². The van der Waals surface area contributed by atoms with Gasteiger partial charge in [0.25, 0.3) is 11.5 Å². The van der Waals surface area contributed by atoms with Crippen LogP contribution < -0.4 is 15.7 Å². The predicted octanol–water partition coefficient (Wildman–Crippen LogP) is 4.31. The van der Waals surface area contributed by atoms with Crippen molar-refractivity contribution in [3.8, 4) is 0 Å². The van der Waals surface area contributed by atoms with Gasteiger partial charge in [0.1, 0.15) is 7.11 Å².